The maximum Gasteiger partial charge on any atom is 0.134 e. The molecule has 0 spiro atoms. The van der Waals surface area contributed by atoms with E-state index in [1.807, 2.05) is 24.3 Å². The van der Waals surface area contributed by atoms with E-state index in [0.29, 0.717) is 16.1 Å². The van der Waals surface area contributed by atoms with Gasteiger partial charge < -0.3 is 9.73 Å². The Morgan fingerprint density at radius 3 is 2.68 bits per heavy atom. The average Bonchev–Trinajstić information content (AvgIpc) is 2.93. The summed E-state index contributed by atoms with van der Waals surface area (Å²) in [5.74, 6) is 1.83. The molecule has 0 radical (unpaired) electrons. The van der Waals surface area contributed by atoms with E-state index in [1.54, 1.807) is 6.07 Å². The maximum absolute atomic E-state index is 6.03. The van der Waals surface area contributed by atoms with Gasteiger partial charge in [0.15, 0.2) is 0 Å². The van der Waals surface area contributed by atoms with E-state index in [4.69, 9.17) is 27.6 Å². The summed E-state index contributed by atoms with van der Waals surface area (Å²) in [6.45, 7) is 1.06. The first-order valence-corrected chi connectivity index (χ1v) is 7.28. The average molecular weight is 296 g/mol. The lowest BCUT2D eigenvalue weighted by atomic mass is 10.0. The van der Waals surface area contributed by atoms with Crippen LogP contribution in [-0.2, 0) is 0 Å². The minimum Gasteiger partial charge on any atom is -0.459 e. The minimum absolute atomic E-state index is 0.338. The molecule has 0 amide bonds. The van der Waals surface area contributed by atoms with E-state index in [0.717, 1.165) is 30.0 Å². The first-order valence-electron chi connectivity index (χ1n) is 6.52. The van der Waals surface area contributed by atoms with E-state index in [2.05, 4.69) is 5.32 Å². The van der Waals surface area contributed by atoms with Crippen LogP contribution < -0.4 is 5.32 Å². The van der Waals surface area contributed by atoms with Crippen molar-refractivity contribution in [3.05, 3.63) is 46.1 Å². The molecule has 0 bridgehead atoms. The second kappa shape index (κ2) is 5.58. The van der Waals surface area contributed by atoms with Crippen molar-refractivity contribution in [1.29, 1.82) is 0 Å². The Labute approximate surface area is 122 Å². The standard InChI is InChI=1S/C15H15Cl2NO/c16-11-5-4-10(9-12(11)17)14-6-7-15(19-14)13-3-1-2-8-18-13/h4-7,9,13,18H,1-3,8H2/t13-/m1/s1. The molecule has 0 unspecified atom stereocenters. The van der Waals surface area contributed by atoms with Crippen molar-refractivity contribution >= 4 is 23.2 Å². The van der Waals surface area contributed by atoms with Crippen LogP contribution in [0.5, 0.6) is 0 Å². The number of benzene rings is 1. The summed E-state index contributed by atoms with van der Waals surface area (Å²) in [5, 5.41) is 4.59. The van der Waals surface area contributed by atoms with E-state index in [9.17, 15) is 0 Å². The highest BCUT2D eigenvalue weighted by molar-refractivity contribution is 6.42. The Morgan fingerprint density at radius 1 is 1.05 bits per heavy atom. The first-order chi connectivity index (χ1) is 9.24. The van der Waals surface area contributed by atoms with E-state index < -0.39 is 0 Å². The molecule has 3 rings (SSSR count). The van der Waals surface area contributed by atoms with E-state index in [-0.39, 0.29) is 0 Å². The fourth-order valence-electron chi connectivity index (χ4n) is 2.44. The predicted molar refractivity (Wildman–Crippen MR) is 78.8 cm³/mol. The van der Waals surface area contributed by atoms with Crippen LogP contribution in [0.4, 0.5) is 0 Å². The van der Waals surface area contributed by atoms with Crippen molar-refractivity contribution in [2.45, 2.75) is 25.3 Å². The zero-order valence-electron chi connectivity index (χ0n) is 10.5. The van der Waals surface area contributed by atoms with Crippen molar-refractivity contribution in [3.63, 3.8) is 0 Å². The number of hydrogen-bond donors (Lipinski definition) is 1. The van der Waals surface area contributed by atoms with Crippen LogP contribution in [0.15, 0.2) is 34.7 Å². The molecule has 2 heterocycles. The molecule has 1 aromatic carbocycles. The molecular formula is C15H15Cl2NO. The highest BCUT2D eigenvalue weighted by atomic mass is 35.5. The molecule has 2 nitrogen and oxygen atoms in total. The summed E-state index contributed by atoms with van der Waals surface area (Å²) in [6, 6.07) is 9.92. The van der Waals surface area contributed by atoms with Crippen LogP contribution in [0.2, 0.25) is 10.0 Å². The van der Waals surface area contributed by atoms with Crippen LogP contribution >= 0.6 is 23.2 Å². The van der Waals surface area contributed by atoms with Crippen LogP contribution in [0.3, 0.4) is 0 Å². The number of halogens is 2. The van der Waals surface area contributed by atoms with E-state index in [1.165, 1.54) is 12.8 Å². The fraction of sp³-hybridized carbons (Fsp3) is 0.333. The molecule has 0 saturated carbocycles. The van der Waals surface area contributed by atoms with Gasteiger partial charge in [-0.3, -0.25) is 0 Å². The minimum atomic E-state index is 0.338. The lowest BCUT2D eigenvalue weighted by Gasteiger charge is -2.21. The summed E-state index contributed by atoms with van der Waals surface area (Å²) >= 11 is 12.0. The normalized spacial score (nSPS) is 19.6. The molecule has 1 fully saturated rings. The van der Waals surface area contributed by atoms with Crippen LogP contribution in [0, 0.1) is 0 Å². The van der Waals surface area contributed by atoms with Crippen molar-refractivity contribution in [2.75, 3.05) is 6.54 Å². The van der Waals surface area contributed by atoms with Gasteiger partial charge in [-0.2, -0.15) is 0 Å². The summed E-state index contributed by atoms with van der Waals surface area (Å²) in [7, 11) is 0. The van der Waals surface area contributed by atoms with Gasteiger partial charge in [-0.15, -0.1) is 0 Å². The largest absolute Gasteiger partial charge is 0.459 e. The Kier molecular flexibility index (Phi) is 3.83. The third-order valence-electron chi connectivity index (χ3n) is 3.48. The van der Waals surface area contributed by atoms with Crippen LogP contribution in [0.1, 0.15) is 31.1 Å². The predicted octanol–water partition coefficient (Wildman–Crippen LogP) is 5.07. The highest BCUT2D eigenvalue weighted by Crippen LogP contribution is 2.32. The molecule has 0 aliphatic carbocycles. The Bertz CT molecular complexity index is 573. The second-order valence-electron chi connectivity index (χ2n) is 4.83. The molecule has 1 aromatic heterocycles. The van der Waals surface area contributed by atoms with Gasteiger partial charge in [-0.1, -0.05) is 29.6 Å². The number of nitrogens with one attached hydrogen (secondary N) is 1. The fourth-order valence-corrected chi connectivity index (χ4v) is 2.74. The molecule has 2 aromatic rings. The Morgan fingerprint density at radius 2 is 1.95 bits per heavy atom. The third-order valence-corrected chi connectivity index (χ3v) is 4.22. The Hall–Kier alpha value is -0.960. The monoisotopic (exact) mass is 295 g/mol. The summed E-state index contributed by atoms with van der Waals surface area (Å²) in [4.78, 5) is 0. The smallest absolute Gasteiger partial charge is 0.134 e. The molecule has 1 aliphatic heterocycles. The molecule has 100 valence electrons. The summed E-state index contributed by atoms with van der Waals surface area (Å²) in [6.07, 6.45) is 3.63. The zero-order chi connectivity index (χ0) is 13.2. The number of furan rings is 1. The zero-order valence-corrected chi connectivity index (χ0v) is 12.0. The van der Waals surface area contributed by atoms with Gasteiger partial charge in [-0.05, 0) is 49.7 Å². The summed E-state index contributed by atoms with van der Waals surface area (Å²) in [5.41, 5.74) is 0.955. The molecule has 19 heavy (non-hydrogen) atoms. The van der Waals surface area contributed by atoms with Gasteiger partial charge in [0.25, 0.3) is 0 Å². The Balaban J connectivity index is 1.85. The highest BCUT2D eigenvalue weighted by Gasteiger charge is 2.18. The van der Waals surface area contributed by atoms with Crippen molar-refractivity contribution in [1.82, 2.24) is 5.32 Å². The topological polar surface area (TPSA) is 25.2 Å². The second-order valence-corrected chi connectivity index (χ2v) is 5.65. The maximum atomic E-state index is 6.03. The molecule has 1 aliphatic rings. The van der Waals surface area contributed by atoms with Crippen molar-refractivity contribution < 1.29 is 4.42 Å². The molecular weight excluding hydrogens is 281 g/mol. The SMILES string of the molecule is Clc1ccc(-c2ccc([C@H]3CCCCN3)o2)cc1Cl. The summed E-state index contributed by atoms with van der Waals surface area (Å²) < 4.78 is 5.94. The first kappa shape index (κ1) is 13.0. The number of rotatable bonds is 2. The molecule has 4 heteroatoms. The van der Waals surface area contributed by atoms with Gasteiger partial charge in [-0.25, -0.2) is 0 Å². The van der Waals surface area contributed by atoms with Gasteiger partial charge in [0.05, 0.1) is 16.1 Å². The third kappa shape index (κ3) is 2.81. The molecule has 1 saturated heterocycles. The van der Waals surface area contributed by atoms with E-state index >= 15 is 0 Å². The number of piperidine rings is 1. The lowest BCUT2D eigenvalue weighted by molar-refractivity contribution is 0.353. The van der Waals surface area contributed by atoms with Gasteiger partial charge in [0.1, 0.15) is 11.5 Å². The van der Waals surface area contributed by atoms with Crippen molar-refractivity contribution in [3.8, 4) is 11.3 Å². The van der Waals surface area contributed by atoms with Gasteiger partial charge in [0, 0.05) is 5.56 Å². The van der Waals surface area contributed by atoms with Crippen molar-refractivity contribution in [2.24, 2.45) is 0 Å². The van der Waals surface area contributed by atoms with Crippen LogP contribution in [-0.4, -0.2) is 6.54 Å². The number of hydrogen-bond acceptors (Lipinski definition) is 2. The quantitative estimate of drug-likeness (QED) is 0.837. The molecule has 1 atom stereocenters. The van der Waals surface area contributed by atoms with Crippen LogP contribution in [0.25, 0.3) is 11.3 Å². The lowest BCUT2D eigenvalue weighted by Crippen LogP contribution is -2.26. The van der Waals surface area contributed by atoms with Gasteiger partial charge in [0.2, 0.25) is 0 Å². The molecule has 1 N–H and O–H groups in total. The van der Waals surface area contributed by atoms with Gasteiger partial charge >= 0.3 is 0 Å².